The molecule has 1 unspecified atom stereocenters. The Kier molecular flexibility index (Phi) is 6.25. The second-order valence-electron chi connectivity index (χ2n) is 9.56. The summed E-state index contributed by atoms with van der Waals surface area (Å²) < 4.78 is 19.7. The maximum absolute atomic E-state index is 12.7. The Morgan fingerprint density at radius 3 is 2.65 bits per heavy atom. The summed E-state index contributed by atoms with van der Waals surface area (Å²) in [6.45, 7) is 3.86. The Bertz CT molecular complexity index is 1440. The van der Waals surface area contributed by atoms with E-state index in [1.807, 2.05) is 0 Å². The number of fused-ring (bicyclic) bond motifs is 1. The van der Waals surface area contributed by atoms with Gasteiger partial charge in [-0.15, -0.1) is 0 Å². The first-order chi connectivity index (χ1) is 18.0. The molecular formula is C25H28N6O6. The van der Waals surface area contributed by atoms with Crippen molar-refractivity contribution in [3.63, 3.8) is 0 Å². The van der Waals surface area contributed by atoms with Gasteiger partial charge in [0, 0.05) is 44.4 Å². The monoisotopic (exact) mass is 508 g/mol. The van der Waals surface area contributed by atoms with Crippen molar-refractivity contribution in [2.24, 2.45) is 0 Å². The Balaban J connectivity index is 1.02. The standard InChI is InChI=1S/C25H28N6O6/c32-22-2-1-19-24-30(23(33)13-27-19)8-5-18(31(22)24)14-29-6-3-16(4-7-29)28-25(34)37-15-17-11-20-21(12-26-17)36-10-9-35-20/h1-2,11-13,16,18H,3-10,14-15H2,(H,28,34). The van der Waals surface area contributed by atoms with Crippen LogP contribution in [0.25, 0.3) is 11.2 Å². The molecule has 12 nitrogen and oxygen atoms in total. The molecular weight excluding hydrogens is 480 g/mol. The van der Waals surface area contributed by atoms with Crippen LogP contribution in [0.15, 0.2) is 40.2 Å². The summed E-state index contributed by atoms with van der Waals surface area (Å²) in [7, 11) is 0. The molecule has 1 N–H and O–H groups in total. The number of aromatic nitrogens is 4. The largest absolute Gasteiger partial charge is 0.486 e. The van der Waals surface area contributed by atoms with Crippen LogP contribution in [0.4, 0.5) is 4.79 Å². The molecule has 0 radical (unpaired) electrons. The van der Waals surface area contributed by atoms with E-state index in [-0.39, 0.29) is 29.8 Å². The molecule has 0 aliphatic carbocycles. The van der Waals surface area contributed by atoms with E-state index >= 15 is 0 Å². The van der Waals surface area contributed by atoms with Gasteiger partial charge in [0.1, 0.15) is 31.0 Å². The first-order valence-corrected chi connectivity index (χ1v) is 12.6. The van der Waals surface area contributed by atoms with E-state index in [2.05, 4.69) is 20.2 Å². The molecule has 3 aromatic heterocycles. The zero-order valence-electron chi connectivity index (χ0n) is 20.3. The number of hydrogen-bond donors (Lipinski definition) is 1. The van der Waals surface area contributed by atoms with E-state index in [4.69, 9.17) is 14.2 Å². The van der Waals surface area contributed by atoms with E-state index in [9.17, 15) is 14.4 Å². The summed E-state index contributed by atoms with van der Waals surface area (Å²) in [5, 5.41) is 2.95. The smallest absolute Gasteiger partial charge is 0.407 e. The fourth-order valence-corrected chi connectivity index (χ4v) is 5.32. The number of nitrogens with one attached hydrogen (secondary N) is 1. The number of amides is 1. The number of piperidine rings is 1. The van der Waals surface area contributed by atoms with Crippen molar-refractivity contribution in [2.75, 3.05) is 32.8 Å². The Labute approximate surface area is 211 Å². The van der Waals surface area contributed by atoms with Gasteiger partial charge in [0.25, 0.3) is 11.1 Å². The first-order valence-electron chi connectivity index (χ1n) is 12.6. The third-order valence-electron chi connectivity index (χ3n) is 7.18. The van der Waals surface area contributed by atoms with Crippen molar-refractivity contribution in [1.82, 2.24) is 29.3 Å². The van der Waals surface area contributed by atoms with Gasteiger partial charge in [0.05, 0.1) is 24.1 Å². The number of pyridine rings is 2. The van der Waals surface area contributed by atoms with Crippen LogP contribution in [0.5, 0.6) is 11.5 Å². The number of alkyl carbamates (subject to hydrolysis) is 1. The van der Waals surface area contributed by atoms with Gasteiger partial charge in [-0.1, -0.05) is 0 Å². The van der Waals surface area contributed by atoms with E-state index in [0.717, 1.165) is 25.9 Å². The van der Waals surface area contributed by atoms with Crippen molar-refractivity contribution in [3.05, 3.63) is 57.0 Å². The predicted octanol–water partition coefficient (Wildman–Crippen LogP) is 1.06. The Morgan fingerprint density at radius 2 is 1.81 bits per heavy atom. The minimum Gasteiger partial charge on any atom is -0.486 e. The summed E-state index contributed by atoms with van der Waals surface area (Å²) in [5.74, 6) is 1.20. The van der Waals surface area contributed by atoms with E-state index in [1.165, 1.54) is 12.3 Å². The highest BCUT2D eigenvalue weighted by Crippen LogP contribution is 2.29. The molecule has 1 fully saturated rings. The van der Waals surface area contributed by atoms with Gasteiger partial charge in [-0.25, -0.2) is 9.78 Å². The van der Waals surface area contributed by atoms with Crippen molar-refractivity contribution in [1.29, 1.82) is 0 Å². The Hall–Kier alpha value is -3.93. The highest BCUT2D eigenvalue weighted by Gasteiger charge is 2.28. The lowest BCUT2D eigenvalue weighted by atomic mass is 10.0. The molecule has 0 saturated carbocycles. The Morgan fingerprint density at radius 1 is 1.00 bits per heavy atom. The summed E-state index contributed by atoms with van der Waals surface area (Å²) in [6.07, 6.45) is 4.67. The molecule has 3 aliphatic rings. The maximum atomic E-state index is 12.7. The van der Waals surface area contributed by atoms with Crippen LogP contribution in [0.3, 0.4) is 0 Å². The number of hydrogen-bond acceptors (Lipinski definition) is 9. The van der Waals surface area contributed by atoms with Crippen molar-refractivity contribution >= 4 is 17.3 Å². The average molecular weight is 509 g/mol. The van der Waals surface area contributed by atoms with Gasteiger partial charge in [-0.3, -0.25) is 23.7 Å². The van der Waals surface area contributed by atoms with Crippen molar-refractivity contribution in [2.45, 2.75) is 44.5 Å². The van der Waals surface area contributed by atoms with E-state index in [1.54, 1.807) is 27.5 Å². The van der Waals surface area contributed by atoms with Crippen LogP contribution >= 0.6 is 0 Å². The lowest BCUT2D eigenvalue weighted by Gasteiger charge is -2.36. The van der Waals surface area contributed by atoms with Crippen LogP contribution in [-0.4, -0.2) is 69.0 Å². The molecule has 0 aromatic carbocycles. The third-order valence-corrected chi connectivity index (χ3v) is 7.18. The zero-order chi connectivity index (χ0) is 25.4. The lowest BCUT2D eigenvalue weighted by molar-refractivity contribution is 0.121. The number of ether oxygens (including phenoxy) is 3. The summed E-state index contributed by atoms with van der Waals surface area (Å²) in [6, 6.07) is 4.89. The molecule has 0 bridgehead atoms. The lowest BCUT2D eigenvalue weighted by Crippen LogP contribution is -2.47. The van der Waals surface area contributed by atoms with Gasteiger partial charge in [0.15, 0.2) is 11.5 Å². The molecule has 6 rings (SSSR count). The predicted molar refractivity (Wildman–Crippen MR) is 132 cm³/mol. The number of carbonyl (C=O) groups is 1. The second-order valence-corrected chi connectivity index (χ2v) is 9.56. The fourth-order valence-electron chi connectivity index (χ4n) is 5.32. The number of aryl methyl sites for hydroxylation is 1. The molecule has 1 saturated heterocycles. The van der Waals surface area contributed by atoms with Gasteiger partial charge in [-0.2, -0.15) is 0 Å². The second kappa shape index (κ2) is 9.85. The topological polar surface area (TPSA) is 130 Å². The molecule has 3 aromatic rings. The van der Waals surface area contributed by atoms with Crippen LogP contribution in [0.1, 0.15) is 31.0 Å². The fraction of sp³-hybridized carbons (Fsp3) is 0.480. The van der Waals surface area contributed by atoms with Crippen LogP contribution in [0.2, 0.25) is 0 Å². The molecule has 37 heavy (non-hydrogen) atoms. The minimum absolute atomic E-state index is 0.0120. The van der Waals surface area contributed by atoms with Gasteiger partial charge in [0.2, 0.25) is 0 Å². The maximum Gasteiger partial charge on any atom is 0.407 e. The highest BCUT2D eigenvalue weighted by molar-refractivity contribution is 5.70. The van der Waals surface area contributed by atoms with E-state index < -0.39 is 6.09 Å². The highest BCUT2D eigenvalue weighted by atomic mass is 16.6. The molecule has 6 heterocycles. The van der Waals surface area contributed by atoms with Gasteiger partial charge < -0.3 is 24.4 Å². The molecule has 1 amide bonds. The molecule has 3 aliphatic heterocycles. The number of rotatable bonds is 5. The number of nitrogens with zero attached hydrogens (tertiary/aromatic N) is 5. The molecule has 0 spiro atoms. The van der Waals surface area contributed by atoms with E-state index in [0.29, 0.717) is 61.1 Å². The SMILES string of the molecule is O=C(NC1CCN(CC2CCn3c(=O)cnc4ccc(=O)n2c43)CC1)OCc1cc2c(cn1)OCCO2. The number of carbonyl (C=O) groups excluding carboxylic acids is 1. The quantitative estimate of drug-likeness (QED) is 0.538. The van der Waals surface area contributed by atoms with Gasteiger partial charge >= 0.3 is 6.09 Å². The van der Waals surface area contributed by atoms with Crippen LogP contribution < -0.4 is 25.9 Å². The zero-order valence-corrected chi connectivity index (χ0v) is 20.3. The average Bonchev–Trinajstić information content (AvgIpc) is 2.92. The molecule has 12 heteroatoms. The van der Waals surface area contributed by atoms with Crippen molar-refractivity contribution in [3.8, 4) is 11.5 Å². The summed E-state index contributed by atoms with van der Waals surface area (Å²) in [4.78, 5) is 48.2. The first kappa shape index (κ1) is 23.5. The molecule has 194 valence electrons. The van der Waals surface area contributed by atoms with Gasteiger partial charge in [-0.05, 0) is 25.3 Å². The summed E-state index contributed by atoms with van der Waals surface area (Å²) in [5.41, 5.74) is 1.53. The molecule has 1 atom stereocenters. The summed E-state index contributed by atoms with van der Waals surface area (Å²) >= 11 is 0. The third kappa shape index (κ3) is 4.76. The van der Waals surface area contributed by atoms with Crippen molar-refractivity contribution < 1.29 is 19.0 Å². The van der Waals surface area contributed by atoms with Crippen LogP contribution in [-0.2, 0) is 17.9 Å². The minimum atomic E-state index is -0.477. The normalized spacial score (nSPS) is 19.5. The van der Waals surface area contributed by atoms with Crippen LogP contribution in [0, 0.1) is 0 Å². The number of likely N-dealkylation sites (tertiary alicyclic amines) is 1.